The molecule has 126 valence electrons. The van der Waals surface area contributed by atoms with Gasteiger partial charge in [0.05, 0.1) is 12.2 Å². The van der Waals surface area contributed by atoms with Gasteiger partial charge in [-0.2, -0.15) is 0 Å². The molecule has 2 rings (SSSR count). The van der Waals surface area contributed by atoms with Crippen molar-refractivity contribution < 1.29 is 9.53 Å². The zero-order valence-electron chi connectivity index (χ0n) is 13.9. The van der Waals surface area contributed by atoms with Gasteiger partial charge in [0.15, 0.2) is 0 Å². The molecule has 24 heavy (non-hydrogen) atoms. The van der Waals surface area contributed by atoms with Crippen LogP contribution in [0.2, 0.25) is 5.02 Å². The second-order valence-corrected chi connectivity index (χ2v) is 5.96. The number of para-hydroxylation sites is 2. The van der Waals surface area contributed by atoms with E-state index in [0.29, 0.717) is 23.1 Å². The van der Waals surface area contributed by atoms with E-state index < -0.39 is 0 Å². The summed E-state index contributed by atoms with van der Waals surface area (Å²) in [6.45, 7) is 8.14. The van der Waals surface area contributed by atoms with Crippen LogP contribution in [0.15, 0.2) is 54.6 Å². The highest BCUT2D eigenvalue weighted by molar-refractivity contribution is 6.31. The summed E-state index contributed by atoms with van der Waals surface area (Å²) in [5, 5.41) is 6.57. The van der Waals surface area contributed by atoms with Crippen LogP contribution >= 0.6 is 11.6 Å². The van der Waals surface area contributed by atoms with E-state index in [1.165, 1.54) is 0 Å². The fourth-order valence-corrected chi connectivity index (χ4v) is 2.23. The number of halogens is 1. The number of amides is 1. The van der Waals surface area contributed by atoms with Crippen LogP contribution in [-0.4, -0.2) is 19.1 Å². The fraction of sp³-hybridized carbons (Fsp3) is 0.211. The predicted octanol–water partition coefficient (Wildman–Crippen LogP) is 4.65. The fourth-order valence-electron chi connectivity index (χ4n) is 2.05. The molecule has 4 nitrogen and oxygen atoms in total. The molecule has 0 radical (unpaired) electrons. The maximum Gasteiger partial charge on any atom is 0.243 e. The minimum absolute atomic E-state index is 0.124. The average Bonchev–Trinajstić information content (AvgIpc) is 2.56. The van der Waals surface area contributed by atoms with Gasteiger partial charge in [0.25, 0.3) is 0 Å². The van der Waals surface area contributed by atoms with E-state index in [-0.39, 0.29) is 12.5 Å². The lowest BCUT2D eigenvalue weighted by molar-refractivity contribution is -0.114. The third-order valence-corrected chi connectivity index (χ3v) is 3.75. The summed E-state index contributed by atoms with van der Waals surface area (Å²) in [7, 11) is 0. The van der Waals surface area contributed by atoms with Crippen LogP contribution in [0.5, 0.6) is 5.75 Å². The van der Waals surface area contributed by atoms with Crippen molar-refractivity contribution in [1.82, 2.24) is 0 Å². The topological polar surface area (TPSA) is 50.4 Å². The lowest BCUT2D eigenvalue weighted by Gasteiger charge is -2.14. The SMILES string of the molecule is C=C(C)COc1ccccc1NCC(=O)Nc1cccc(Cl)c1C. The molecule has 2 aromatic carbocycles. The van der Waals surface area contributed by atoms with Crippen molar-refractivity contribution in [2.45, 2.75) is 13.8 Å². The van der Waals surface area contributed by atoms with E-state index in [9.17, 15) is 4.79 Å². The lowest BCUT2D eigenvalue weighted by atomic mass is 10.2. The first-order chi connectivity index (χ1) is 11.5. The van der Waals surface area contributed by atoms with Gasteiger partial charge in [-0.3, -0.25) is 4.79 Å². The number of carbonyl (C=O) groups is 1. The Kier molecular flexibility index (Phi) is 6.27. The van der Waals surface area contributed by atoms with Crippen LogP contribution in [0.4, 0.5) is 11.4 Å². The van der Waals surface area contributed by atoms with E-state index in [1.54, 1.807) is 12.1 Å². The normalized spacial score (nSPS) is 10.1. The third-order valence-electron chi connectivity index (χ3n) is 3.34. The minimum Gasteiger partial charge on any atom is -0.487 e. The molecule has 0 spiro atoms. The molecule has 0 bridgehead atoms. The predicted molar refractivity (Wildman–Crippen MR) is 100 cm³/mol. The first kappa shape index (κ1) is 17.9. The van der Waals surface area contributed by atoms with Gasteiger partial charge in [-0.05, 0) is 49.2 Å². The van der Waals surface area contributed by atoms with Crippen molar-refractivity contribution in [3.8, 4) is 5.75 Å². The lowest BCUT2D eigenvalue weighted by Crippen LogP contribution is -2.22. The number of anilines is 2. The highest BCUT2D eigenvalue weighted by Gasteiger charge is 2.08. The largest absolute Gasteiger partial charge is 0.487 e. The number of carbonyl (C=O) groups excluding carboxylic acids is 1. The summed E-state index contributed by atoms with van der Waals surface area (Å²) in [5.74, 6) is 0.530. The molecule has 0 aromatic heterocycles. The molecule has 0 aliphatic rings. The summed E-state index contributed by atoms with van der Waals surface area (Å²) >= 11 is 6.06. The van der Waals surface area contributed by atoms with Crippen LogP contribution in [0.1, 0.15) is 12.5 Å². The maximum absolute atomic E-state index is 12.2. The van der Waals surface area contributed by atoms with Gasteiger partial charge in [-0.1, -0.05) is 36.4 Å². The van der Waals surface area contributed by atoms with Gasteiger partial charge in [0.1, 0.15) is 12.4 Å². The molecular formula is C19H21ClN2O2. The highest BCUT2D eigenvalue weighted by Crippen LogP contribution is 2.25. The van der Waals surface area contributed by atoms with Gasteiger partial charge >= 0.3 is 0 Å². The molecule has 0 saturated heterocycles. The van der Waals surface area contributed by atoms with Crippen LogP contribution in [0.3, 0.4) is 0 Å². The number of hydrogen-bond acceptors (Lipinski definition) is 3. The van der Waals surface area contributed by atoms with Crippen molar-refractivity contribution in [3.63, 3.8) is 0 Å². The standard InChI is InChI=1S/C19H21ClN2O2/c1-13(2)12-24-18-10-5-4-8-17(18)21-11-19(23)22-16-9-6-7-15(20)14(16)3/h4-10,21H,1,11-12H2,2-3H3,(H,22,23). The molecule has 0 heterocycles. The third kappa shape index (κ3) is 5.03. The summed E-state index contributed by atoms with van der Waals surface area (Å²) in [6, 6.07) is 12.9. The molecule has 0 unspecified atom stereocenters. The Morgan fingerprint density at radius 1 is 1.17 bits per heavy atom. The number of rotatable bonds is 7. The minimum atomic E-state index is -0.157. The Morgan fingerprint density at radius 2 is 1.88 bits per heavy atom. The van der Waals surface area contributed by atoms with E-state index in [4.69, 9.17) is 16.3 Å². The summed E-state index contributed by atoms with van der Waals surface area (Å²) in [6.07, 6.45) is 0. The second kappa shape index (κ2) is 8.41. The van der Waals surface area contributed by atoms with Crippen LogP contribution in [0, 0.1) is 6.92 Å². The number of nitrogens with one attached hydrogen (secondary N) is 2. The first-order valence-corrected chi connectivity index (χ1v) is 8.00. The Morgan fingerprint density at radius 3 is 2.62 bits per heavy atom. The Balaban J connectivity index is 1.97. The molecule has 2 N–H and O–H groups in total. The van der Waals surface area contributed by atoms with Crippen molar-refractivity contribution in [1.29, 1.82) is 0 Å². The molecule has 0 aliphatic carbocycles. The smallest absolute Gasteiger partial charge is 0.243 e. The molecule has 2 aromatic rings. The number of benzene rings is 2. The second-order valence-electron chi connectivity index (χ2n) is 5.56. The first-order valence-electron chi connectivity index (χ1n) is 7.62. The van der Waals surface area contributed by atoms with E-state index >= 15 is 0 Å². The zero-order chi connectivity index (χ0) is 17.5. The van der Waals surface area contributed by atoms with Gasteiger partial charge in [-0.25, -0.2) is 0 Å². The van der Waals surface area contributed by atoms with Gasteiger partial charge in [0, 0.05) is 10.7 Å². The number of ether oxygens (including phenoxy) is 1. The Labute approximate surface area is 147 Å². The van der Waals surface area contributed by atoms with Crippen LogP contribution < -0.4 is 15.4 Å². The summed E-state index contributed by atoms with van der Waals surface area (Å²) in [4.78, 5) is 12.2. The maximum atomic E-state index is 12.2. The molecule has 5 heteroatoms. The number of hydrogen-bond donors (Lipinski definition) is 2. The zero-order valence-corrected chi connectivity index (χ0v) is 14.6. The summed E-state index contributed by atoms with van der Waals surface area (Å²) in [5.41, 5.74) is 3.24. The van der Waals surface area contributed by atoms with Crippen LogP contribution in [-0.2, 0) is 4.79 Å². The van der Waals surface area contributed by atoms with E-state index in [1.807, 2.05) is 44.2 Å². The molecule has 1 amide bonds. The van der Waals surface area contributed by atoms with Gasteiger partial charge < -0.3 is 15.4 Å². The van der Waals surface area contributed by atoms with Gasteiger partial charge in [0.2, 0.25) is 5.91 Å². The van der Waals surface area contributed by atoms with Gasteiger partial charge in [-0.15, -0.1) is 0 Å². The molecular weight excluding hydrogens is 324 g/mol. The summed E-state index contributed by atoms with van der Waals surface area (Å²) < 4.78 is 5.67. The molecule has 0 saturated carbocycles. The Hall–Kier alpha value is -2.46. The molecule has 0 fully saturated rings. The van der Waals surface area contributed by atoms with Crippen LogP contribution in [0.25, 0.3) is 0 Å². The quantitative estimate of drug-likeness (QED) is 0.718. The van der Waals surface area contributed by atoms with E-state index in [0.717, 1.165) is 16.8 Å². The van der Waals surface area contributed by atoms with Crippen molar-refractivity contribution in [3.05, 3.63) is 65.2 Å². The average molecular weight is 345 g/mol. The van der Waals surface area contributed by atoms with Crippen molar-refractivity contribution in [2.75, 3.05) is 23.8 Å². The van der Waals surface area contributed by atoms with Crippen molar-refractivity contribution in [2.24, 2.45) is 0 Å². The Bertz CT molecular complexity index is 744. The van der Waals surface area contributed by atoms with Crippen molar-refractivity contribution >= 4 is 28.9 Å². The monoisotopic (exact) mass is 344 g/mol. The highest BCUT2D eigenvalue weighted by atomic mass is 35.5. The van der Waals surface area contributed by atoms with E-state index in [2.05, 4.69) is 17.2 Å². The molecule has 0 atom stereocenters. The molecule has 0 aliphatic heterocycles.